The molecule has 0 saturated carbocycles. The molecular weight excluding hydrogens is 240 g/mol. The highest BCUT2D eigenvalue weighted by Crippen LogP contribution is 2.22. The molecule has 1 N–H and O–H groups in total. The maximum Gasteiger partial charge on any atom is 0.202 e. The SMILES string of the molecule is Cc1nsc(NCc2cnc(C(C)C)s2)n1. The first-order chi connectivity index (χ1) is 7.65. The molecule has 2 heterocycles. The number of aromatic nitrogens is 3. The van der Waals surface area contributed by atoms with E-state index in [0.29, 0.717) is 5.92 Å². The summed E-state index contributed by atoms with van der Waals surface area (Å²) in [5.74, 6) is 1.32. The van der Waals surface area contributed by atoms with Crippen LogP contribution in [0.4, 0.5) is 5.13 Å². The Balaban J connectivity index is 1.94. The Bertz CT molecular complexity index is 461. The van der Waals surface area contributed by atoms with E-state index in [0.717, 1.165) is 17.5 Å². The van der Waals surface area contributed by atoms with Crippen molar-refractivity contribution in [3.63, 3.8) is 0 Å². The van der Waals surface area contributed by atoms with Crippen LogP contribution in [-0.4, -0.2) is 14.3 Å². The monoisotopic (exact) mass is 254 g/mol. The van der Waals surface area contributed by atoms with E-state index in [1.54, 1.807) is 11.3 Å². The standard InChI is InChI=1S/C10H14N4S2/c1-6(2)9-11-4-8(15-9)5-12-10-13-7(3)14-16-10/h4,6H,5H2,1-3H3,(H,12,13,14). The molecular formula is C10H14N4S2. The van der Waals surface area contributed by atoms with Crippen LogP contribution >= 0.6 is 22.9 Å². The maximum atomic E-state index is 4.38. The molecule has 0 fully saturated rings. The Morgan fingerprint density at radius 1 is 1.44 bits per heavy atom. The molecule has 4 nitrogen and oxygen atoms in total. The summed E-state index contributed by atoms with van der Waals surface area (Å²) in [6.45, 7) is 6.98. The second kappa shape index (κ2) is 4.88. The van der Waals surface area contributed by atoms with Crippen LogP contribution in [0.15, 0.2) is 6.20 Å². The normalized spacial score (nSPS) is 11.0. The molecule has 0 aliphatic rings. The van der Waals surface area contributed by atoms with Gasteiger partial charge in [-0.1, -0.05) is 13.8 Å². The number of aryl methyl sites for hydroxylation is 1. The lowest BCUT2D eigenvalue weighted by molar-refractivity contribution is 0.852. The van der Waals surface area contributed by atoms with Gasteiger partial charge < -0.3 is 5.32 Å². The fraction of sp³-hybridized carbons (Fsp3) is 0.500. The molecule has 0 saturated heterocycles. The van der Waals surface area contributed by atoms with Crippen LogP contribution in [0, 0.1) is 6.92 Å². The van der Waals surface area contributed by atoms with Crippen molar-refractivity contribution in [2.24, 2.45) is 0 Å². The first-order valence-corrected chi connectivity index (χ1v) is 6.73. The lowest BCUT2D eigenvalue weighted by Gasteiger charge is -1.98. The highest BCUT2D eigenvalue weighted by atomic mass is 32.1. The largest absolute Gasteiger partial charge is 0.355 e. The summed E-state index contributed by atoms with van der Waals surface area (Å²) >= 11 is 3.14. The molecule has 2 aromatic rings. The van der Waals surface area contributed by atoms with Gasteiger partial charge in [0, 0.05) is 28.5 Å². The Labute approximate surface area is 103 Å². The third-order valence-corrected chi connectivity index (χ3v) is 4.07. The van der Waals surface area contributed by atoms with Crippen molar-refractivity contribution in [2.45, 2.75) is 33.2 Å². The van der Waals surface area contributed by atoms with Gasteiger partial charge in [-0.3, -0.25) is 0 Å². The number of nitrogens with one attached hydrogen (secondary N) is 1. The van der Waals surface area contributed by atoms with Crippen LogP contribution in [0.3, 0.4) is 0 Å². The smallest absolute Gasteiger partial charge is 0.202 e. The van der Waals surface area contributed by atoms with Gasteiger partial charge in [0.25, 0.3) is 0 Å². The summed E-state index contributed by atoms with van der Waals surface area (Å²) in [7, 11) is 0. The highest BCUT2D eigenvalue weighted by Gasteiger charge is 2.06. The summed E-state index contributed by atoms with van der Waals surface area (Å²) in [4.78, 5) is 9.86. The average Bonchev–Trinajstić information content (AvgIpc) is 2.83. The van der Waals surface area contributed by atoms with E-state index in [1.165, 1.54) is 21.4 Å². The molecule has 0 unspecified atom stereocenters. The molecule has 0 spiro atoms. The van der Waals surface area contributed by atoms with E-state index in [2.05, 4.69) is 33.5 Å². The van der Waals surface area contributed by atoms with E-state index < -0.39 is 0 Å². The van der Waals surface area contributed by atoms with Crippen LogP contribution in [0.25, 0.3) is 0 Å². The van der Waals surface area contributed by atoms with Gasteiger partial charge in [-0.15, -0.1) is 11.3 Å². The summed E-state index contributed by atoms with van der Waals surface area (Å²) in [5, 5.41) is 5.31. The third-order valence-electron chi connectivity index (χ3n) is 2.01. The summed E-state index contributed by atoms with van der Waals surface area (Å²) in [5.41, 5.74) is 0. The van der Waals surface area contributed by atoms with Crippen LogP contribution in [-0.2, 0) is 6.54 Å². The number of thiazole rings is 1. The molecule has 0 atom stereocenters. The van der Waals surface area contributed by atoms with Gasteiger partial charge in [-0.2, -0.15) is 4.37 Å². The Kier molecular flexibility index (Phi) is 3.50. The zero-order valence-electron chi connectivity index (χ0n) is 9.52. The Morgan fingerprint density at radius 2 is 2.25 bits per heavy atom. The van der Waals surface area contributed by atoms with Crippen molar-refractivity contribution in [2.75, 3.05) is 5.32 Å². The Morgan fingerprint density at radius 3 is 2.81 bits per heavy atom. The van der Waals surface area contributed by atoms with Gasteiger partial charge in [0.05, 0.1) is 11.6 Å². The quantitative estimate of drug-likeness (QED) is 0.911. The minimum Gasteiger partial charge on any atom is -0.355 e. The van der Waals surface area contributed by atoms with E-state index in [4.69, 9.17) is 0 Å². The molecule has 0 amide bonds. The zero-order valence-corrected chi connectivity index (χ0v) is 11.2. The molecule has 0 aromatic carbocycles. The van der Waals surface area contributed by atoms with Crippen molar-refractivity contribution < 1.29 is 0 Å². The van der Waals surface area contributed by atoms with E-state index >= 15 is 0 Å². The zero-order chi connectivity index (χ0) is 11.5. The van der Waals surface area contributed by atoms with Crippen molar-refractivity contribution in [1.82, 2.24) is 14.3 Å². The van der Waals surface area contributed by atoms with Gasteiger partial charge in [0.1, 0.15) is 5.82 Å². The molecule has 0 bridgehead atoms. The van der Waals surface area contributed by atoms with Gasteiger partial charge in [-0.05, 0) is 6.92 Å². The molecule has 2 aromatic heterocycles. The van der Waals surface area contributed by atoms with Crippen molar-refractivity contribution in [1.29, 1.82) is 0 Å². The number of hydrogen-bond donors (Lipinski definition) is 1. The Hall–Kier alpha value is -1.01. The first kappa shape index (κ1) is 11.5. The molecule has 2 rings (SSSR count). The van der Waals surface area contributed by atoms with Crippen molar-refractivity contribution in [3.05, 3.63) is 21.9 Å². The molecule has 0 aliphatic heterocycles. The van der Waals surface area contributed by atoms with Gasteiger partial charge in [-0.25, -0.2) is 9.97 Å². The first-order valence-electron chi connectivity index (χ1n) is 5.14. The summed E-state index contributed by atoms with van der Waals surface area (Å²) in [6, 6.07) is 0. The molecule has 16 heavy (non-hydrogen) atoms. The molecule has 6 heteroatoms. The fourth-order valence-electron chi connectivity index (χ4n) is 1.20. The van der Waals surface area contributed by atoms with Crippen LogP contribution in [0.5, 0.6) is 0 Å². The lowest BCUT2D eigenvalue weighted by atomic mass is 10.2. The predicted molar refractivity (Wildman–Crippen MR) is 68.2 cm³/mol. The molecule has 0 aliphatic carbocycles. The lowest BCUT2D eigenvalue weighted by Crippen LogP contribution is -1.96. The molecule has 0 radical (unpaired) electrons. The van der Waals surface area contributed by atoms with E-state index in [9.17, 15) is 0 Å². The predicted octanol–water partition coefficient (Wildman–Crippen LogP) is 3.04. The minimum absolute atomic E-state index is 0.502. The van der Waals surface area contributed by atoms with E-state index in [-0.39, 0.29) is 0 Å². The second-order valence-electron chi connectivity index (χ2n) is 3.82. The van der Waals surface area contributed by atoms with Gasteiger partial charge in [0.2, 0.25) is 5.13 Å². The topological polar surface area (TPSA) is 50.7 Å². The van der Waals surface area contributed by atoms with Crippen LogP contribution in [0.2, 0.25) is 0 Å². The number of anilines is 1. The molecule has 86 valence electrons. The van der Waals surface area contributed by atoms with Crippen LogP contribution < -0.4 is 5.32 Å². The number of rotatable bonds is 4. The minimum atomic E-state index is 0.502. The third kappa shape index (κ3) is 2.76. The van der Waals surface area contributed by atoms with Gasteiger partial charge in [0.15, 0.2) is 0 Å². The maximum absolute atomic E-state index is 4.38. The van der Waals surface area contributed by atoms with E-state index in [1.807, 2.05) is 13.1 Å². The van der Waals surface area contributed by atoms with Gasteiger partial charge >= 0.3 is 0 Å². The summed E-state index contributed by atoms with van der Waals surface area (Å²) < 4.78 is 4.12. The number of hydrogen-bond acceptors (Lipinski definition) is 6. The summed E-state index contributed by atoms with van der Waals surface area (Å²) in [6.07, 6.45) is 1.93. The van der Waals surface area contributed by atoms with Crippen molar-refractivity contribution >= 4 is 28.0 Å². The van der Waals surface area contributed by atoms with Crippen molar-refractivity contribution in [3.8, 4) is 0 Å². The fourth-order valence-corrected chi connectivity index (χ4v) is 2.63. The average molecular weight is 254 g/mol. The second-order valence-corrected chi connectivity index (χ2v) is 5.72. The highest BCUT2D eigenvalue weighted by molar-refractivity contribution is 7.11. The van der Waals surface area contributed by atoms with Crippen LogP contribution in [0.1, 0.15) is 35.5 Å². The number of nitrogens with zero attached hydrogens (tertiary/aromatic N) is 3.